The molecule has 0 bridgehead atoms. The van der Waals surface area contributed by atoms with Crippen molar-refractivity contribution in [3.63, 3.8) is 0 Å². The van der Waals surface area contributed by atoms with Crippen LogP contribution in [0.3, 0.4) is 0 Å². The lowest BCUT2D eigenvalue weighted by molar-refractivity contribution is 0.0952. The minimum atomic E-state index is -0.136. The van der Waals surface area contributed by atoms with E-state index in [0.717, 1.165) is 35.3 Å². The fourth-order valence-electron chi connectivity index (χ4n) is 3.63. The van der Waals surface area contributed by atoms with Crippen LogP contribution < -0.4 is 14.8 Å². The molecular weight excluding hydrogens is 402 g/mol. The van der Waals surface area contributed by atoms with E-state index in [1.165, 1.54) is 0 Å². The van der Waals surface area contributed by atoms with Crippen molar-refractivity contribution in [1.29, 1.82) is 0 Å². The highest BCUT2D eigenvalue weighted by Crippen LogP contribution is 2.29. The molecular formula is C26H27N3O3. The van der Waals surface area contributed by atoms with E-state index in [2.05, 4.69) is 20.9 Å². The molecule has 3 aromatic carbocycles. The quantitative estimate of drug-likeness (QED) is 0.397. The lowest BCUT2D eigenvalue weighted by Crippen LogP contribution is -2.25. The van der Waals surface area contributed by atoms with Crippen molar-refractivity contribution in [3.8, 4) is 11.5 Å². The summed E-state index contributed by atoms with van der Waals surface area (Å²) < 4.78 is 13.4. The van der Waals surface area contributed by atoms with E-state index >= 15 is 0 Å². The van der Waals surface area contributed by atoms with Gasteiger partial charge in [0.2, 0.25) is 0 Å². The Morgan fingerprint density at radius 1 is 1.00 bits per heavy atom. The highest BCUT2D eigenvalue weighted by molar-refractivity contribution is 5.94. The van der Waals surface area contributed by atoms with Gasteiger partial charge in [0.1, 0.15) is 12.4 Å². The van der Waals surface area contributed by atoms with E-state index in [1.54, 1.807) is 25.3 Å². The first-order valence-corrected chi connectivity index (χ1v) is 10.7. The van der Waals surface area contributed by atoms with Crippen molar-refractivity contribution < 1.29 is 14.3 Å². The molecule has 0 spiro atoms. The highest BCUT2D eigenvalue weighted by atomic mass is 16.5. The molecule has 1 aromatic heterocycles. The molecule has 164 valence electrons. The number of para-hydroxylation sites is 2. The molecule has 4 rings (SSSR count). The molecule has 0 unspecified atom stereocenters. The number of nitrogens with zero attached hydrogens (tertiary/aromatic N) is 2. The van der Waals surface area contributed by atoms with Gasteiger partial charge < -0.3 is 19.4 Å². The Morgan fingerprint density at radius 2 is 1.78 bits per heavy atom. The second-order valence-electron chi connectivity index (χ2n) is 7.58. The van der Waals surface area contributed by atoms with Gasteiger partial charge >= 0.3 is 0 Å². The first-order chi connectivity index (χ1) is 15.7. The van der Waals surface area contributed by atoms with Crippen molar-refractivity contribution in [2.45, 2.75) is 19.4 Å². The number of methoxy groups -OCH3 is 1. The van der Waals surface area contributed by atoms with E-state index in [4.69, 9.17) is 9.47 Å². The number of ether oxygens (including phenoxy) is 2. The van der Waals surface area contributed by atoms with Gasteiger partial charge in [-0.1, -0.05) is 42.5 Å². The molecule has 0 saturated heterocycles. The molecule has 1 N–H and O–H groups in total. The Labute approximate surface area is 187 Å². The van der Waals surface area contributed by atoms with Crippen molar-refractivity contribution in [3.05, 3.63) is 89.7 Å². The first kappa shape index (κ1) is 21.4. The molecule has 0 aliphatic heterocycles. The Balaban J connectivity index is 1.31. The molecule has 0 saturated carbocycles. The van der Waals surface area contributed by atoms with Crippen molar-refractivity contribution in [2.75, 3.05) is 13.7 Å². The van der Waals surface area contributed by atoms with Gasteiger partial charge in [-0.05, 0) is 42.3 Å². The van der Waals surface area contributed by atoms with Crippen molar-refractivity contribution in [2.24, 2.45) is 7.05 Å². The predicted molar refractivity (Wildman–Crippen MR) is 125 cm³/mol. The average molecular weight is 430 g/mol. The predicted octanol–water partition coefficient (Wildman–Crippen LogP) is 4.52. The van der Waals surface area contributed by atoms with Crippen LogP contribution in [0.2, 0.25) is 0 Å². The minimum Gasteiger partial charge on any atom is -0.493 e. The van der Waals surface area contributed by atoms with Crippen LogP contribution in [0.5, 0.6) is 11.5 Å². The van der Waals surface area contributed by atoms with Crippen LogP contribution in [0.25, 0.3) is 11.0 Å². The Bertz CT molecular complexity index is 1200. The van der Waals surface area contributed by atoms with Gasteiger partial charge in [-0.2, -0.15) is 0 Å². The summed E-state index contributed by atoms with van der Waals surface area (Å²) in [6.45, 7) is 1.00. The zero-order valence-electron chi connectivity index (χ0n) is 18.4. The van der Waals surface area contributed by atoms with Gasteiger partial charge in [-0.15, -0.1) is 0 Å². The minimum absolute atomic E-state index is 0.136. The number of carbonyl (C=O) groups excluding carboxylic acids is 1. The number of aromatic nitrogens is 2. The van der Waals surface area contributed by atoms with E-state index in [1.807, 2.05) is 55.6 Å². The number of carbonyl (C=O) groups is 1. The third-order valence-electron chi connectivity index (χ3n) is 5.41. The molecule has 0 radical (unpaired) electrons. The van der Waals surface area contributed by atoms with E-state index in [9.17, 15) is 4.79 Å². The van der Waals surface area contributed by atoms with Crippen LogP contribution in [-0.2, 0) is 20.1 Å². The summed E-state index contributed by atoms with van der Waals surface area (Å²) in [5.74, 6) is 2.02. The SMILES string of the molecule is COc1cc(C(=O)NCCCc2nc3ccccc3n2C)ccc1OCc1ccccc1. The second kappa shape index (κ2) is 10.0. The van der Waals surface area contributed by atoms with Crippen LogP contribution in [0.1, 0.15) is 28.2 Å². The number of aryl methyl sites for hydroxylation is 2. The summed E-state index contributed by atoms with van der Waals surface area (Å²) in [6, 6.07) is 23.2. The number of nitrogens with one attached hydrogen (secondary N) is 1. The maximum Gasteiger partial charge on any atom is 0.251 e. The number of amides is 1. The Kier molecular flexibility index (Phi) is 6.70. The maximum atomic E-state index is 12.6. The summed E-state index contributed by atoms with van der Waals surface area (Å²) in [4.78, 5) is 17.3. The second-order valence-corrected chi connectivity index (χ2v) is 7.58. The number of rotatable bonds is 9. The fourth-order valence-corrected chi connectivity index (χ4v) is 3.63. The number of imidazole rings is 1. The molecule has 0 atom stereocenters. The van der Waals surface area contributed by atoms with Crippen molar-refractivity contribution in [1.82, 2.24) is 14.9 Å². The third-order valence-corrected chi connectivity index (χ3v) is 5.41. The maximum absolute atomic E-state index is 12.6. The zero-order valence-corrected chi connectivity index (χ0v) is 18.4. The average Bonchev–Trinajstić information content (AvgIpc) is 3.16. The highest BCUT2D eigenvalue weighted by Gasteiger charge is 2.12. The molecule has 4 aromatic rings. The molecule has 6 nitrogen and oxygen atoms in total. The molecule has 1 amide bonds. The number of fused-ring (bicyclic) bond motifs is 1. The van der Waals surface area contributed by atoms with Crippen LogP contribution in [0, 0.1) is 0 Å². The van der Waals surface area contributed by atoms with Gasteiger partial charge in [-0.25, -0.2) is 4.98 Å². The monoisotopic (exact) mass is 429 g/mol. The summed E-state index contributed by atoms with van der Waals surface area (Å²) in [7, 11) is 3.60. The van der Waals surface area contributed by atoms with Gasteiger partial charge in [0, 0.05) is 25.6 Å². The molecule has 0 aliphatic rings. The van der Waals surface area contributed by atoms with E-state index in [-0.39, 0.29) is 5.91 Å². The van der Waals surface area contributed by atoms with Crippen LogP contribution in [-0.4, -0.2) is 29.1 Å². The third kappa shape index (κ3) is 4.91. The fraction of sp³-hybridized carbons (Fsp3) is 0.231. The van der Waals surface area contributed by atoms with Crippen LogP contribution >= 0.6 is 0 Å². The van der Waals surface area contributed by atoms with Crippen LogP contribution in [0.15, 0.2) is 72.8 Å². The van der Waals surface area contributed by atoms with Gasteiger partial charge in [0.05, 0.1) is 18.1 Å². The van der Waals surface area contributed by atoms with Crippen LogP contribution in [0.4, 0.5) is 0 Å². The number of hydrogen-bond acceptors (Lipinski definition) is 4. The molecule has 6 heteroatoms. The standard InChI is InChI=1S/C26H27N3O3/c1-29-22-12-7-6-11-21(22)28-25(29)13-8-16-27-26(30)20-14-15-23(24(17-20)31-2)32-18-19-9-4-3-5-10-19/h3-7,9-12,14-15,17H,8,13,16,18H2,1-2H3,(H,27,30). The largest absolute Gasteiger partial charge is 0.493 e. The smallest absolute Gasteiger partial charge is 0.251 e. The van der Waals surface area contributed by atoms with E-state index < -0.39 is 0 Å². The normalized spacial score (nSPS) is 10.8. The summed E-state index contributed by atoms with van der Waals surface area (Å²) in [5.41, 5.74) is 3.72. The summed E-state index contributed by atoms with van der Waals surface area (Å²) in [6.07, 6.45) is 1.60. The zero-order chi connectivity index (χ0) is 22.3. The topological polar surface area (TPSA) is 65.4 Å². The lowest BCUT2D eigenvalue weighted by Gasteiger charge is -2.12. The molecule has 32 heavy (non-hydrogen) atoms. The summed E-state index contributed by atoms with van der Waals surface area (Å²) >= 11 is 0. The van der Waals surface area contributed by atoms with Gasteiger partial charge in [0.15, 0.2) is 11.5 Å². The Hall–Kier alpha value is -3.80. The van der Waals surface area contributed by atoms with Gasteiger partial charge in [-0.3, -0.25) is 4.79 Å². The van der Waals surface area contributed by atoms with E-state index in [0.29, 0.717) is 30.2 Å². The Morgan fingerprint density at radius 3 is 2.56 bits per heavy atom. The summed E-state index contributed by atoms with van der Waals surface area (Å²) in [5, 5.41) is 2.98. The number of hydrogen-bond donors (Lipinski definition) is 1. The molecule has 0 fully saturated rings. The van der Waals surface area contributed by atoms with Crippen molar-refractivity contribution >= 4 is 16.9 Å². The number of benzene rings is 3. The molecule has 1 heterocycles. The van der Waals surface area contributed by atoms with Gasteiger partial charge in [0.25, 0.3) is 5.91 Å². The lowest BCUT2D eigenvalue weighted by atomic mass is 10.1. The molecule has 0 aliphatic carbocycles. The first-order valence-electron chi connectivity index (χ1n) is 10.7.